The first kappa shape index (κ1) is 58.2. The third kappa shape index (κ3) is 21.4. The number of nitrogens with zero attached hydrogens (tertiary/aromatic N) is 1. The summed E-state index contributed by atoms with van der Waals surface area (Å²) in [5.74, 6) is -13.9. The molecule has 0 saturated carbocycles. The molecule has 4 amide bonds. The topological polar surface area (TPSA) is 388 Å². The van der Waals surface area contributed by atoms with Crippen molar-refractivity contribution in [3.05, 3.63) is 35.9 Å². The van der Waals surface area contributed by atoms with Gasteiger partial charge in [0.1, 0.15) is 24.2 Å². The number of nitrogens with two attached hydrogens (primary N) is 2. The third-order valence-corrected chi connectivity index (χ3v) is 10.7. The second-order valence-corrected chi connectivity index (χ2v) is 17.0. The van der Waals surface area contributed by atoms with E-state index in [1.54, 1.807) is 51.1 Å². The van der Waals surface area contributed by atoms with Crippen LogP contribution in [0.4, 0.5) is 0 Å². The van der Waals surface area contributed by atoms with E-state index in [4.69, 9.17) is 11.5 Å². The molecule has 0 bridgehead atoms. The summed E-state index contributed by atoms with van der Waals surface area (Å²) in [4.78, 5) is 121. The van der Waals surface area contributed by atoms with Crippen molar-refractivity contribution in [2.75, 3.05) is 19.8 Å². The molecule has 0 radical (unpaired) electrons. The van der Waals surface area contributed by atoms with Gasteiger partial charge in [0.05, 0.1) is 31.3 Å². The summed E-state index contributed by atoms with van der Waals surface area (Å²) in [6.07, 6.45) is -5.66. The Kier molecular flexibility index (Phi) is 26.1. The molecule has 0 spiro atoms. The summed E-state index contributed by atoms with van der Waals surface area (Å²) in [5.41, 5.74) is 11.2. The highest BCUT2D eigenvalue weighted by molar-refractivity contribution is 5.98. The minimum Gasteiger partial charge on any atom is -0.481 e. The first-order chi connectivity index (χ1) is 30.9. The molecule has 0 aromatic heterocycles. The zero-order valence-electron chi connectivity index (χ0n) is 38.2. The van der Waals surface area contributed by atoms with E-state index in [-0.39, 0.29) is 31.3 Å². The van der Waals surface area contributed by atoms with Crippen LogP contribution in [0.1, 0.15) is 91.5 Å². The molecule has 1 rings (SSSR count). The summed E-state index contributed by atoms with van der Waals surface area (Å²) in [6.45, 7) is 5.86. The molecule has 66 heavy (non-hydrogen) atoms. The summed E-state index contributed by atoms with van der Waals surface area (Å²) < 4.78 is 0. The van der Waals surface area contributed by atoms with Gasteiger partial charge in [-0.3, -0.25) is 43.3 Å². The van der Waals surface area contributed by atoms with Gasteiger partial charge in [-0.05, 0) is 57.4 Å². The first-order valence-electron chi connectivity index (χ1n) is 21.8. The van der Waals surface area contributed by atoms with Gasteiger partial charge in [0.25, 0.3) is 0 Å². The van der Waals surface area contributed by atoms with Crippen LogP contribution in [0, 0.1) is 29.6 Å². The highest BCUT2D eigenvalue weighted by Gasteiger charge is 2.37. The molecule has 0 heterocycles. The lowest BCUT2D eigenvalue weighted by Gasteiger charge is -2.27. The molecular weight excluding hydrogens is 867 g/mol. The number of carbonyl (C=O) groups is 9. The molecule has 0 aliphatic heterocycles. The fourth-order valence-corrected chi connectivity index (χ4v) is 6.89. The van der Waals surface area contributed by atoms with E-state index in [0.29, 0.717) is 18.4 Å². The lowest BCUT2D eigenvalue weighted by molar-refractivity contribution is -0.143. The number of carboxylic acids is 2. The van der Waals surface area contributed by atoms with E-state index < -0.39 is 158 Å². The van der Waals surface area contributed by atoms with Gasteiger partial charge in [0, 0.05) is 50.0 Å². The fraction of sp³-hybridized carbons (Fsp3) is 0.636. The number of rotatable bonds is 33. The molecule has 0 aliphatic rings. The van der Waals surface area contributed by atoms with Crippen LogP contribution in [0.25, 0.3) is 0 Å². The van der Waals surface area contributed by atoms with E-state index in [1.807, 2.05) is 0 Å². The molecule has 10 atom stereocenters. The summed E-state index contributed by atoms with van der Waals surface area (Å²) in [6, 6.07) is 2.30. The second-order valence-electron chi connectivity index (χ2n) is 17.0. The lowest BCUT2D eigenvalue weighted by Crippen LogP contribution is -2.53. The lowest BCUT2D eigenvalue weighted by atomic mass is 9.88. The van der Waals surface area contributed by atoms with Gasteiger partial charge in [0.15, 0.2) is 23.3 Å². The molecule has 0 unspecified atom stereocenters. The zero-order valence-corrected chi connectivity index (χ0v) is 38.2. The van der Waals surface area contributed by atoms with Crippen molar-refractivity contribution in [3.8, 4) is 0 Å². The summed E-state index contributed by atoms with van der Waals surface area (Å²) in [7, 11) is 0. The first-order valence-corrected chi connectivity index (χ1v) is 21.8. The van der Waals surface area contributed by atoms with Gasteiger partial charge in [-0.2, -0.15) is 0 Å². The predicted molar refractivity (Wildman–Crippen MR) is 238 cm³/mol. The summed E-state index contributed by atoms with van der Waals surface area (Å²) in [5, 5.41) is 69.8. The quantitative estimate of drug-likeness (QED) is 0.0213. The van der Waals surface area contributed by atoms with Crippen LogP contribution < -0.4 is 32.7 Å². The molecule has 0 aliphatic carbocycles. The zero-order chi connectivity index (χ0) is 50.3. The van der Waals surface area contributed by atoms with E-state index in [9.17, 15) is 73.8 Å². The number of hydrogen-bond donors (Lipinski definition) is 12. The molecule has 14 N–H and O–H groups in total. The second kappa shape index (κ2) is 29.6. The SMILES string of the molecule is CC(C)C[C@H](NC(=O)[C@@H](CC(=O)[C@@H](NC(=O)[C@H](CCC(=O)O)CC(=O)[C@@H](NC(=O)[C@H](CO)CC(=O)[C@H](CO)NC(=O)[C@@H](C)CCCN=C(N)N)[C@@H](C)O)[C@@H](C)O)Cc1ccccc1)C(=O)O. The van der Waals surface area contributed by atoms with Crippen LogP contribution in [0.2, 0.25) is 0 Å². The van der Waals surface area contributed by atoms with E-state index in [0.717, 1.165) is 6.92 Å². The Morgan fingerprint density at radius 1 is 0.621 bits per heavy atom. The normalized spacial score (nSPS) is 15.8. The number of amides is 4. The van der Waals surface area contributed by atoms with E-state index in [2.05, 4.69) is 26.3 Å². The van der Waals surface area contributed by atoms with Gasteiger partial charge in [-0.15, -0.1) is 0 Å². The van der Waals surface area contributed by atoms with Crippen molar-refractivity contribution in [2.24, 2.45) is 46.0 Å². The molecule has 0 saturated heterocycles. The predicted octanol–water partition coefficient (Wildman–Crippen LogP) is -1.67. The number of Topliss-reactive ketones (excluding diaryl/α,β-unsaturated/α-hetero) is 3. The van der Waals surface area contributed by atoms with Gasteiger partial charge >= 0.3 is 11.9 Å². The average Bonchev–Trinajstić information content (AvgIpc) is 3.24. The van der Waals surface area contributed by atoms with Crippen LogP contribution >= 0.6 is 0 Å². The van der Waals surface area contributed by atoms with Gasteiger partial charge in [-0.1, -0.05) is 51.1 Å². The molecule has 1 aromatic rings. The van der Waals surface area contributed by atoms with E-state index in [1.165, 1.54) is 6.92 Å². The van der Waals surface area contributed by atoms with Crippen molar-refractivity contribution >= 4 is 58.9 Å². The number of aliphatic imine (C=N–C) groups is 1. The number of carbonyl (C=O) groups excluding carboxylic acids is 7. The van der Waals surface area contributed by atoms with Crippen LogP contribution in [-0.4, -0.2) is 146 Å². The van der Waals surface area contributed by atoms with Crippen LogP contribution in [0.15, 0.2) is 35.3 Å². The number of aliphatic hydroxyl groups excluding tert-OH is 4. The molecule has 22 nitrogen and oxygen atoms in total. The minimum atomic E-state index is -1.77. The van der Waals surface area contributed by atoms with Gasteiger partial charge < -0.3 is 63.4 Å². The fourth-order valence-electron chi connectivity index (χ4n) is 6.89. The van der Waals surface area contributed by atoms with Crippen molar-refractivity contribution in [3.63, 3.8) is 0 Å². The highest BCUT2D eigenvalue weighted by Crippen LogP contribution is 2.20. The van der Waals surface area contributed by atoms with Gasteiger partial charge in [-0.25, -0.2) is 4.79 Å². The van der Waals surface area contributed by atoms with E-state index >= 15 is 0 Å². The van der Waals surface area contributed by atoms with Crippen molar-refractivity contribution in [1.29, 1.82) is 0 Å². The Morgan fingerprint density at radius 3 is 1.59 bits per heavy atom. The maximum atomic E-state index is 13.8. The Hall–Kier alpha value is -5.84. The van der Waals surface area contributed by atoms with Crippen molar-refractivity contribution < 1.29 is 73.8 Å². The summed E-state index contributed by atoms with van der Waals surface area (Å²) >= 11 is 0. The van der Waals surface area contributed by atoms with Crippen molar-refractivity contribution in [2.45, 2.75) is 129 Å². The number of guanidine groups is 1. The third-order valence-electron chi connectivity index (χ3n) is 10.7. The average molecular weight is 936 g/mol. The Labute approximate surface area is 383 Å². The maximum Gasteiger partial charge on any atom is 0.326 e. The molecule has 22 heteroatoms. The number of ketones is 3. The monoisotopic (exact) mass is 935 g/mol. The molecule has 370 valence electrons. The van der Waals surface area contributed by atoms with Crippen LogP contribution in [0.3, 0.4) is 0 Å². The Bertz CT molecular complexity index is 1820. The molecule has 1 aromatic carbocycles. The Balaban J connectivity index is 3.25. The van der Waals surface area contributed by atoms with Crippen molar-refractivity contribution in [1.82, 2.24) is 21.3 Å². The number of benzene rings is 1. The largest absolute Gasteiger partial charge is 0.481 e. The van der Waals surface area contributed by atoms with Crippen LogP contribution in [-0.2, 0) is 49.6 Å². The molecule has 0 fully saturated rings. The number of aliphatic carboxylic acids is 2. The maximum absolute atomic E-state index is 13.8. The highest BCUT2D eigenvalue weighted by atomic mass is 16.4. The van der Waals surface area contributed by atoms with Gasteiger partial charge in [0.2, 0.25) is 23.6 Å². The Morgan fingerprint density at radius 2 is 1.12 bits per heavy atom. The number of carboxylic acid groups (broad SMARTS) is 2. The smallest absolute Gasteiger partial charge is 0.326 e. The number of hydrogen-bond acceptors (Lipinski definition) is 14. The number of aliphatic hydroxyl groups is 4. The van der Waals surface area contributed by atoms with Crippen LogP contribution in [0.5, 0.6) is 0 Å². The minimum absolute atomic E-state index is 0.0259. The number of nitrogens with one attached hydrogen (secondary N) is 4. The standard InChI is InChI=1S/C44H69N7O15/c1-23(2)16-31(43(65)66)48-41(63)29(17-27-11-7-6-8-12-27)19-35(58)38(26(5)55)50-40(62)28(13-14-36(59)60)18-34(57)37(25(4)54)51-42(64)30(21-52)20-33(56)32(22-53)49-39(61)24(3)10-9-15-47-44(45)46/h6-8,11-12,23-26,28-32,37-38,52-55H,9-10,13-22H2,1-5H3,(H,48,63)(H,49,61)(H,50,62)(H,51,64)(H,59,60)(H,65,66)(H4,45,46,47)/t24-,25+,26+,28+,29+,30-,31-,32-,37-,38-/m0/s1. The molecular formula is C44H69N7O15.